The average Bonchev–Trinajstić information content (AvgIpc) is 2.39. The summed E-state index contributed by atoms with van der Waals surface area (Å²) in [6, 6.07) is 5.13. The van der Waals surface area contributed by atoms with Gasteiger partial charge in [-0.3, -0.25) is 11.3 Å². The Hall–Kier alpha value is -0.450. The zero-order chi connectivity index (χ0) is 14.8. The Bertz CT molecular complexity index is 452. The molecule has 0 saturated heterocycles. The van der Waals surface area contributed by atoms with E-state index in [1.54, 1.807) is 0 Å². The molecule has 4 heteroatoms. The highest BCUT2D eigenvalue weighted by Gasteiger charge is 2.31. The van der Waals surface area contributed by atoms with Crippen LogP contribution in [-0.4, -0.2) is 6.04 Å². The van der Waals surface area contributed by atoms with Crippen molar-refractivity contribution in [3.05, 3.63) is 34.1 Å². The molecule has 1 aromatic rings. The molecule has 1 saturated carbocycles. The zero-order valence-electron chi connectivity index (χ0n) is 12.3. The maximum absolute atomic E-state index is 13.1. The van der Waals surface area contributed by atoms with Gasteiger partial charge in [-0.05, 0) is 61.1 Å². The van der Waals surface area contributed by atoms with E-state index in [1.165, 1.54) is 37.8 Å². The van der Waals surface area contributed by atoms with Gasteiger partial charge < -0.3 is 0 Å². The van der Waals surface area contributed by atoms with Crippen LogP contribution in [0.3, 0.4) is 0 Å². The number of hydrazine groups is 1. The van der Waals surface area contributed by atoms with E-state index in [2.05, 4.69) is 35.2 Å². The molecule has 0 heterocycles. The Kier molecular flexibility index (Phi) is 5.21. The van der Waals surface area contributed by atoms with Crippen molar-refractivity contribution in [3.63, 3.8) is 0 Å². The molecule has 0 bridgehead atoms. The van der Waals surface area contributed by atoms with E-state index in [0.717, 1.165) is 16.5 Å². The molecule has 0 radical (unpaired) electrons. The van der Waals surface area contributed by atoms with Crippen LogP contribution in [-0.2, 0) is 6.42 Å². The molecule has 3 N–H and O–H groups in total. The Morgan fingerprint density at radius 1 is 1.40 bits per heavy atom. The zero-order valence-corrected chi connectivity index (χ0v) is 13.8. The number of nitrogens with two attached hydrogens (primary N) is 1. The first-order valence-electron chi connectivity index (χ1n) is 7.31. The van der Waals surface area contributed by atoms with Crippen molar-refractivity contribution in [2.45, 2.75) is 52.0 Å². The molecule has 1 aliphatic carbocycles. The fourth-order valence-corrected chi connectivity index (χ4v) is 3.62. The van der Waals surface area contributed by atoms with Crippen LogP contribution in [0.4, 0.5) is 4.39 Å². The third-order valence-electron chi connectivity index (χ3n) is 4.62. The lowest BCUT2D eigenvalue weighted by Crippen LogP contribution is -2.44. The molecule has 112 valence electrons. The van der Waals surface area contributed by atoms with Crippen LogP contribution in [0.1, 0.15) is 45.1 Å². The van der Waals surface area contributed by atoms with Gasteiger partial charge in [-0.1, -0.05) is 35.8 Å². The molecular weight excluding hydrogens is 319 g/mol. The van der Waals surface area contributed by atoms with Gasteiger partial charge in [-0.15, -0.1) is 0 Å². The average molecular weight is 343 g/mol. The van der Waals surface area contributed by atoms with Crippen LogP contribution in [0.5, 0.6) is 0 Å². The third-order valence-corrected chi connectivity index (χ3v) is 5.36. The third kappa shape index (κ3) is 4.03. The summed E-state index contributed by atoms with van der Waals surface area (Å²) in [4.78, 5) is 0. The molecule has 0 aromatic heterocycles. The van der Waals surface area contributed by atoms with E-state index in [-0.39, 0.29) is 11.9 Å². The van der Waals surface area contributed by atoms with Crippen LogP contribution in [0.2, 0.25) is 0 Å². The lowest BCUT2D eigenvalue weighted by Gasteiger charge is -2.38. The summed E-state index contributed by atoms with van der Waals surface area (Å²) in [5.74, 6) is 6.15. The topological polar surface area (TPSA) is 38.0 Å². The highest BCUT2D eigenvalue weighted by molar-refractivity contribution is 9.10. The second-order valence-electron chi connectivity index (χ2n) is 6.71. The fraction of sp³-hybridized carbons (Fsp3) is 0.625. The van der Waals surface area contributed by atoms with Crippen molar-refractivity contribution in [1.29, 1.82) is 0 Å². The van der Waals surface area contributed by atoms with Crippen molar-refractivity contribution in [3.8, 4) is 0 Å². The van der Waals surface area contributed by atoms with Crippen molar-refractivity contribution < 1.29 is 4.39 Å². The molecule has 1 atom stereocenters. The standard InChI is InChI=1S/C16H24BrFN2/c1-16(2)7-5-11(6-8-16)15(20-19)9-12-3-4-13(18)10-14(12)17/h3-4,10-11,15,20H,5-9,19H2,1-2H3. The first kappa shape index (κ1) is 15.9. The second kappa shape index (κ2) is 6.54. The summed E-state index contributed by atoms with van der Waals surface area (Å²) in [6.07, 6.45) is 5.75. The lowest BCUT2D eigenvalue weighted by molar-refractivity contribution is 0.161. The normalized spacial score (nSPS) is 20.9. The van der Waals surface area contributed by atoms with E-state index in [1.807, 2.05) is 6.07 Å². The molecule has 1 aromatic carbocycles. The number of benzene rings is 1. The van der Waals surface area contributed by atoms with Crippen molar-refractivity contribution in [1.82, 2.24) is 5.43 Å². The Balaban J connectivity index is 2.02. The highest BCUT2D eigenvalue weighted by atomic mass is 79.9. The first-order chi connectivity index (χ1) is 9.41. The van der Waals surface area contributed by atoms with Crippen LogP contribution in [0, 0.1) is 17.2 Å². The molecule has 0 spiro atoms. The smallest absolute Gasteiger partial charge is 0.124 e. The van der Waals surface area contributed by atoms with E-state index in [4.69, 9.17) is 5.84 Å². The van der Waals surface area contributed by atoms with Crippen LogP contribution < -0.4 is 11.3 Å². The summed E-state index contributed by atoms with van der Waals surface area (Å²) >= 11 is 3.44. The SMILES string of the molecule is CC1(C)CCC(C(Cc2ccc(F)cc2Br)NN)CC1. The monoisotopic (exact) mass is 342 g/mol. The molecule has 0 aliphatic heterocycles. The van der Waals surface area contributed by atoms with E-state index in [0.29, 0.717) is 11.3 Å². The minimum Gasteiger partial charge on any atom is -0.271 e. The maximum atomic E-state index is 13.1. The number of nitrogens with one attached hydrogen (secondary N) is 1. The molecule has 1 fully saturated rings. The minimum absolute atomic E-state index is 0.211. The lowest BCUT2D eigenvalue weighted by atomic mass is 9.70. The van der Waals surface area contributed by atoms with Gasteiger partial charge in [-0.25, -0.2) is 4.39 Å². The van der Waals surface area contributed by atoms with Crippen molar-refractivity contribution in [2.75, 3.05) is 0 Å². The number of halogens is 2. The fourth-order valence-electron chi connectivity index (χ4n) is 3.11. The Morgan fingerprint density at radius 2 is 2.05 bits per heavy atom. The van der Waals surface area contributed by atoms with Crippen molar-refractivity contribution >= 4 is 15.9 Å². The summed E-state index contributed by atoms with van der Waals surface area (Å²) in [5, 5.41) is 0. The molecule has 0 amide bonds. The summed E-state index contributed by atoms with van der Waals surface area (Å²) in [6.45, 7) is 4.68. The summed E-state index contributed by atoms with van der Waals surface area (Å²) < 4.78 is 14.0. The van der Waals surface area contributed by atoms with Gasteiger partial charge >= 0.3 is 0 Å². The quantitative estimate of drug-likeness (QED) is 0.636. The van der Waals surface area contributed by atoms with Gasteiger partial charge in [0.1, 0.15) is 5.82 Å². The first-order valence-corrected chi connectivity index (χ1v) is 8.11. The highest BCUT2D eigenvalue weighted by Crippen LogP contribution is 2.39. The molecule has 20 heavy (non-hydrogen) atoms. The number of hydrogen-bond donors (Lipinski definition) is 2. The van der Waals surface area contributed by atoms with E-state index < -0.39 is 0 Å². The predicted octanol–water partition coefficient (Wildman–Crippen LogP) is 4.18. The largest absolute Gasteiger partial charge is 0.271 e. The number of rotatable bonds is 4. The van der Waals surface area contributed by atoms with Gasteiger partial charge in [0.2, 0.25) is 0 Å². The van der Waals surface area contributed by atoms with Gasteiger partial charge in [0.15, 0.2) is 0 Å². The summed E-state index contributed by atoms with van der Waals surface area (Å²) in [5.41, 5.74) is 4.55. The van der Waals surface area contributed by atoms with Gasteiger partial charge in [0.05, 0.1) is 0 Å². The second-order valence-corrected chi connectivity index (χ2v) is 7.57. The van der Waals surface area contributed by atoms with Gasteiger partial charge in [0, 0.05) is 10.5 Å². The Morgan fingerprint density at radius 3 is 2.60 bits per heavy atom. The van der Waals surface area contributed by atoms with Crippen molar-refractivity contribution in [2.24, 2.45) is 17.2 Å². The van der Waals surface area contributed by atoms with Gasteiger partial charge in [-0.2, -0.15) is 0 Å². The van der Waals surface area contributed by atoms with E-state index in [9.17, 15) is 4.39 Å². The molecule has 2 rings (SSSR count). The van der Waals surface area contributed by atoms with Crippen LogP contribution >= 0.6 is 15.9 Å². The molecular formula is C16H24BrFN2. The predicted molar refractivity (Wildman–Crippen MR) is 84.7 cm³/mol. The van der Waals surface area contributed by atoms with Crippen LogP contribution in [0.25, 0.3) is 0 Å². The Labute approximate surface area is 129 Å². The minimum atomic E-state index is -0.211. The summed E-state index contributed by atoms with van der Waals surface area (Å²) in [7, 11) is 0. The maximum Gasteiger partial charge on any atom is 0.124 e. The van der Waals surface area contributed by atoms with Crippen LogP contribution in [0.15, 0.2) is 22.7 Å². The van der Waals surface area contributed by atoms with Gasteiger partial charge in [0.25, 0.3) is 0 Å². The molecule has 1 unspecified atom stereocenters. The molecule has 1 aliphatic rings. The van der Waals surface area contributed by atoms with E-state index >= 15 is 0 Å². The number of hydrogen-bond acceptors (Lipinski definition) is 2. The molecule has 2 nitrogen and oxygen atoms in total.